The number of rotatable bonds is 19. The Balaban J connectivity index is 1.67. The average molecular weight is 523 g/mol. The maximum atomic E-state index is 3.46. The summed E-state index contributed by atoms with van der Waals surface area (Å²) >= 11 is 3.61. The van der Waals surface area contributed by atoms with Gasteiger partial charge in [0.05, 0.1) is 9.75 Å². The molecule has 0 aliphatic carbocycles. The zero-order chi connectivity index (χ0) is 25.5. The van der Waals surface area contributed by atoms with Crippen LogP contribution in [0.25, 0.3) is 9.75 Å². The normalized spacial score (nSPS) is 10.6. The van der Waals surface area contributed by atoms with Gasteiger partial charge >= 0.3 is 0 Å². The molecule has 2 heteroatoms. The van der Waals surface area contributed by atoms with Gasteiger partial charge in [0, 0.05) is 24.0 Å². The highest BCUT2D eigenvalue weighted by Crippen LogP contribution is 2.35. The van der Waals surface area contributed by atoms with Crippen LogP contribution in [-0.4, -0.2) is 0 Å². The van der Waals surface area contributed by atoms with E-state index in [9.17, 15) is 0 Å². The van der Waals surface area contributed by atoms with Crippen LogP contribution in [0.3, 0.4) is 0 Å². The lowest BCUT2D eigenvalue weighted by atomic mass is 10.1. The second-order valence-electron chi connectivity index (χ2n) is 10.1. The average Bonchev–Trinajstić information content (AvgIpc) is 3.55. The number of hydrogen-bond acceptors (Lipinski definition) is 2. The molecular weight excluding hydrogens is 473 g/mol. The molecule has 0 aliphatic rings. The zero-order valence-electron chi connectivity index (χ0n) is 23.3. The summed E-state index contributed by atoms with van der Waals surface area (Å²) in [5.74, 6) is 13.8. The molecule has 0 radical (unpaired) electrons. The van der Waals surface area contributed by atoms with Gasteiger partial charge in [-0.15, -0.1) is 22.7 Å². The standard InChI is InChI=1S/C34H50S2/c1-3-5-7-9-11-13-15-17-19-21-23-25-31-27-29-35-33(31)34-32(28-30-36-34)26-24-22-20-18-16-14-12-10-8-6-4-2/h27-30H,3-22H2,1-2H3. The van der Waals surface area contributed by atoms with Gasteiger partial charge in [0.2, 0.25) is 0 Å². The highest BCUT2D eigenvalue weighted by Gasteiger charge is 2.10. The quantitative estimate of drug-likeness (QED) is 0.127. The summed E-state index contributed by atoms with van der Waals surface area (Å²) in [5.41, 5.74) is 2.36. The van der Waals surface area contributed by atoms with Crippen molar-refractivity contribution in [2.45, 2.75) is 142 Å². The van der Waals surface area contributed by atoms with Crippen molar-refractivity contribution in [3.63, 3.8) is 0 Å². The third kappa shape index (κ3) is 13.7. The Morgan fingerprint density at radius 3 is 1.17 bits per heavy atom. The Morgan fingerprint density at radius 2 is 0.806 bits per heavy atom. The van der Waals surface area contributed by atoms with Crippen molar-refractivity contribution in [1.29, 1.82) is 0 Å². The van der Waals surface area contributed by atoms with Gasteiger partial charge in [0.15, 0.2) is 0 Å². The van der Waals surface area contributed by atoms with Gasteiger partial charge < -0.3 is 0 Å². The van der Waals surface area contributed by atoms with Crippen LogP contribution in [0.5, 0.6) is 0 Å². The van der Waals surface area contributed by atoms with Crippen LogP contribution in [0.15, 0.2) is 22.9 Å². The molecule has 0 saturated carbocycles. The Kier molecular flexibility index (Phi) is 18.4. The minimum absolute atomic E-state index is 1.01. The second-order valence-corrected chi connectivity index (χ2v) is 11.9. The summed E-state index contributed by atoms with van der Waals surface area (Å²) in [6, 6.07) is 4.37. The van der Waals surface area contributed by atoms with E-state index in [1.54, 1.807) is 22.7 Å². The van der Waals surface area contributed by atoms with E-state index in [0.29, 0.717) is 0 Å². The second kappa shape index (κ2) is 21.6. The Morgan fingerprint density at radius 1 is 0.472 bits per heavy atom. The highest BCUT2D eigenvalue weighted by molar-refractivity contribution is 7.20. The molecule has 0 saturated heterocycles. The Labute approximate surface area is 231 Å². The van der Waals surface area contributed by atoms with Crippen molar-refractivity contribution < 1.29 is 0 Å². The molecule has 2 aromatic rings. The van der Waals surface area contributed by atoms with E-state index in [1.165, 1.54) is 136 Å². The van der Waals surface area contributed by atoms with Gasteiger partial charge in [-0.2, -0.15) is 0 Å². The van der Waals surface area contributed by atoms with Crippen LogP contribution in [-0.2, 0) is 0 Å². The monoisotopic (exact) mass is 522 g/mol. The topological polar surface area (TPSA) is 0 Å². The minimum atomic E-state index is 1.01. The summed E-state index contributed by atoms with van der Waals surface area (Å²) in [7, 11) is 0. The maximum absolute atomic E-state index is 3.46. The third-order valence-electron chi connectivity index (χ3n) is 6.79. The molecule has 0 bridgehead atoms. The van der Waals surface area contributed by atoms with Crippen molar-refractivity contribution in [2.24, 2.45) is 0 Å². The van der Waals surface area contributed by atoms with Crippen LogP contribution >= 0.6 is 22.7 Å². The van der Waals surface area contributed by atoms with E-state index in [4.69, 9.17) is 0 Å². The van der Waals surface area contributed by atoms with Crippen LogP contribution in [0.4, 0.5) is 0 Å². The van der Waals surface area contributed by atoms with Gasteiger partial charge in [0.25, 0.3) is 0 Å². The lowest BCUT2D eigenvalue weighted by Gasteiger charge is -2.00. The molecule has 0 spiro atoms. The highest BCUT2D eigenvalue weighted by atomic mass is 32.1. The van der Waals surface area contributed by atoms with Gasteiger partial charge in [-0.1, -0.05) is 140 Å². The largest absolute Gasteiger partial charge is 0.142 e. The van der Waals surface area contributed by atoms with E-state index < -0.39 is 0 Å². The predicted molar refractivity (Wildman–Crippen MR) is 165 cm³/mol. The zero-order valence-corrected chi connectivity index (χ0v) is 24.9. The molecule has 0 unspecified atom stereocenters. The van der Waals surface area contributed by atoms with Gasteiger partial charge in [-0.25, -0.2) is 0 Å². The number of thiophene rings is 2. The first-order chi connectivity index (χ1) is 17.9. The van der Waals surface area contributed by atoms with Crippen LogP contribution in [0, 0.1) is 23.7 Å². The van der Waals surface area contributed by atoms with Crippen molar-refractivity contribution in [3.05, 3.63) is 34.0 Å². The van der Waals surface area contributed by atoms with Gasteiger partial charge in [-0.05, 0) is 35.7 Å². The molecule has 36 heavy (non-hydrogen) atoms. The lowest BCUT2D eigenvalue weighted by molar-refractivity contribution is 0.567. The van der Waals surface area contributed by atoms with Crippen molar-refractivity contribution in [2.75, 3.05) is 0 Å². The molecule has 0 atom stereocenters. The van der Waals surface area contributed by atoms with Crippen LogP contribution in [0.1, 0.15) is 153 Å². The summed E-state index contributed by atoms with van der Waals surface area (Å²) in [6.07, 6.45) is 26.6. The molecule has 0 aromatic carbocycles. The number of unbranched alkanes of at least 4 members (excludes halogenated alkanes) is 18. The molecule has 2 heterocycles. The van der Waals surface area contributed by atoms with Crippen LogP contribution < -0.4 is 0 Å². The van der Waals surface area contributed by atoms with Crippen LogP contribution in [0.2, 0.25) is 0 Å². The van der Waals surface area contributed by atoms with E-state index in [0.717, 1.165) is 12.8 Å². The van der Waals surface area contributed by atoms with E-state index in [1.807, 2.05) is 0 Å². The summed E-state index contributed by atoms with van der Waals surface area (Å²) in [4.78, 5) is 2.61. The Bertz CT molecular complexity index is 832. The fourth-order valence-electron chi connectivity index (χ4n) is 4.53. The minimum Gasteiger partial charge on any atom is -0.142 e. The first-order valence-corrected chi connectivity index (χ1v) is 16.8. The van der Waals surface area contributed by atoms with Gasteiger partial charge in [0.1, 0.15) is 0 Å². The SMILES string of the molecule is CCCCCCCCCCCC#Cc1ccsc1-c1sccc1C#CCCCCCCCCCCC. The molecular formula is C34H50S2. The first kappa shape index (κ1) is 30.7. The molecule has 0 amide bonds. The van der Waals surface area contributed by atoms with Crippen molar-refractivity contribution in [3.8, 4) is 33.4 Å². The number of hydrogen-bond donors (Lipinski definition) is 0. The fourth-order valence-corrected chi connectivity index (χ4v) is 6.43. The molecule has 0 aliphatic heterocycles. The third-order valence-corrected chi connectivity index (χ3v) is 8.79. The smallest absolute Gasteiger partial charge is 0.0611 e. The van der Waals surface area contributed by atoms with E-state index >= 15 is 0 Å². The molecule has 2 rings (SSSR count). The van der Waals surface area contributed by atoms with Crippen molar-refractivity contribution >= 4 is 22.7 Å². The van der Waals surface area contributed by atoms with Crippen molar-refractivity contribution in [1.82, 2.24) is 0 Å². The summed E-state index contributed by atoms with van der Waals surface area (Å²) in [6.45, 7) is 4.57. The van der Waals surface area contributed by atoms with E-state index in [-0.39, 0.29) is 0 Å². The van der Waals surface area contributed by atoms with Gasteiger partial charge in [-0.3, -0.25) is 0 Å². The molecule has 0 fully saturated rings. The predicted octanol–water partition coefficient (Wildman–Crippen LogP) is 12.0. The summed E-state index contributed by atoms with van der Waals surface area (Å²) < 4.78 is 0. The molecule has 2 aromatic heterocycles. The first-order valence-electron chi connectivity index (χ1n) is 15.0. The fraction of sp³-hybridized carbons (Fsp3) is 0.647. The Hall–Kier alpha value is -1.48. The summed E-state index contributed by atoms with van der Waals surface area (Å²) in [5, 5.41) is 4.36. The lowest BCUT2D eigenvalue weighted by Crippen LogP contribution is -1.81. The molecule has 198 valence electrons. The van der Waals surface area contributed by atoms with E-state index in [2.05, 4.69) is 60.4 Å². The maximum Gasteiger partial charge on any atom is 0.0611 e. The molecule has 0 N–H and O–H groups in total. The molecule has 0 nitrogen and oxygen atoms in total.